The van der Waals surface area contributed by atoms with E-state index in [0.29, 0.717) is 19.3 Å². The van der Waals surface area contributed by atoms with E-state index in [0.717, 1.165) is 64.2 Å². The van der Waals surface area contributed by atoms with Gasteiger partial charge in [0.15, 0.2) is 12.6 Å². The highest BCUT2D eigenvalue weighted by atomic mass is 16.7. The second kappa shape index (κ2) is 39.5. The average molecular weight is 946 g/mol. The van der Waals surface area contributed by atoms with Gasteiger partial charge in [0.2, 0.25) is 5.91 Å². The summed E-state index contributed by atoms with van der Waals surface area (Å²) in [5.74, 6) is -0.214. The number of nitrogens with one attached hydrogen (secondary N) is 1. The van der Waals surface area contributed by atoms with Crippen molar-refractivity contribution < 1.29 is 64.6 Å². The van der Waals surface area contributed by atoms with Crippen LogP contribution in [0.2, 0.25) is 0 Å². The second-order valence-electron chi connectivity index (χ2n) is 19.4. The van der Waals surface area contributed by atoms with E-state index in [2.05, 4.69) is 31.3 Å². The van der Waals surface area contributed by atoms with Gasteiger partial charge in [-0.3, -0.25) is 4.79 Å². The molecular weight excluding hydrogens is 847 g/mol. The van der Waals surface area contributed by atoms with Crippen molar-refractivity contribution in [3.05, 3.63) is 12.2 Å². The van der Waals surface area contributed by atoms with Gasteiger partial charge in [0.1, 0.15) is 48.8 Å². The number of aliphatic hydroxyl groups is 8. The summed E-state index contributed by atoms with van der Waals surface area (Å²) in [4.78, 5) is 13.2. The maximum Gasteiger partial charge on any atom is 0.220 e. The molecule has 66 heavy (non-hydrogen) atoms. The Hall–Kier alpha value is -1.27. The van der Waals surface area contributed by atoms with Crippen LogP contribution in [-0.2, 0) is 23.7 Å². The molecule has 2 aliphatic heterocycles. The number of carbonyl (C=O) groups is 1. The van der Waals surface area contributed by atoms with Gasteiger partial charge in [-0.2, -0.15) is 0 Å². The Balaban J connectivity index is 1.81. The monoisotopic (exact) mass is 946 g/mol. The van der Waals surface area contributed by atoms with Crippen LogP contribution in [0.3, 0.4) is 0 Å². The molecular formula is C52H99NO13. The standard InChI is InChI=1S/C52H99NO13/c1-3-5-7-9-11-13-15-17-19-20-22-23-25-27-29-31-33-35-41(56)40(53-44(57)36-34-32-30-28-26-24-21-18-16-14-12-10-8-6-4-2)39-63-51-49(62)47(60)50(43(38-55)65-51)66-52-48(61)46(59)45(58)42(37-54)64-52/h18,21,40-43,45-52,54-56,58-62H,3-17,19-20,22-39H2,1-2H3,(H,53,57)/b21-18-. The maximum absolute atomic E-state index is 13.2. The van der Waals surface area contributed by atoms with Gasteiger partial charge in [-0.05, 0) is 38.5 Å². The molecule has 0 aliphatic carbocycles. The predicted octanol–water partition coefficient (Wildman–Crippen LogP) is 7.55. The lowest BCUT2D eigenvalue weighted by Crippen LogP contribution is -2.65. The second-order valence-corrected chi connectivity index (χ2v) is 19.4. The summed E-state index contributed by atoms with van der Waals surface area (Å²) in [5, 5.41) is 87.0. The zero-order valence-corrected chi connectivity index (χ0v) is 41.5. The molecule has 0 aromatic carbocycles. The SMILES string of the molecule is CCCCCCCC/C=C\CCCCCCCC(=O)NC(COC1OC(CO)C(OC2OC(CO)C(O)C(O)C2O)C(O)C1O)C(O)CCCCCCCCCCCCCCCCCCC. The van der Waals surface area contributed by atoms with Crippen molar-refractivity contribution in [2.75, 3.05) is 19.8 Å². The summed E-state index contributed by atoms with van der Waals surface area (Å²) in [6.45, 7) is 2.85. The first-order chi connectivity index (χ1) is 32.1. The van der Waals surface area contributed by atoms with Crippen LogP contribution in [0.4, 0.5) is 0 Å². The van der Waals surface area contributed by atoms with Gasteiger partial charge in [-0.15, -0.1) is 0 Å². The lowest BCUT2D eigenvalue weighted by molar-refractivity contribution is -0.359. The molecule has 0 aromatic rings. The van der Waals surface area contributed by atoms with Crippen molar-refractivity contribution in [3.8, 4) is 0 Å². The molecule has 2 rings (SSSR count). The van der Waals surface area contributed by atoms with E-state index in [1.165, 1.54) is 122 Å². The van der Waals surface area contributed by atoms with E-state index in [9.17, 15) is 45.6 Å². The van der Waals surface area contributed by atoms with E-state index < -0.39 is 86.8 Å². The topological polar surface area (TPSA) is 228 Å². The van der Waals surface area contributed by atoms with Crippen LogP contribution in [0.5, 0.6) is 0 Å². The van der Waals surface area contributed by atoms with E-state index >= 15 is 0 Å². The Morgan fingerprint density at radius 2 is 0.955 bits per heavy atom. The number of carbonyl (C=O) groups excluding carboxylic acids is 1. The molecule has 0 spiro atoms. The van der Waals surface area contributed by atoms with Crippen LogP contribution in [-0.4, -0.2) is 140 Å². The zero-order chi connectivity index (χ0) is 48.2. The molecule has 14 nitrogen and oxygen atoms in total. The van der Waals surface area contributed by atoms with Gasteiger partial charge in [0, 0.05) is 6.42 Å². The molecule has 390 valence electrons. The molecule has 0 saturated carbocycles. The Bertz CT molecular complexity index is 1160. The van der Waals surface area contributed by atoms with Gasteiger partial charge in [0.25, 0.3) is 0 Å². The van der Waals surface area contributed by atoms with Gasteiger partial charge in [0.05, 0.1) is 32.0 Å². The van der Waals surface area contributed by atoms with Crippen LogP contribution in [0, 0.1) is 0 Å². The number of allylic oxidation sites excluding steroid dienone is 2. The lowest BCUT2D eigenvalue weighted by Gasteiger charge is -2.46. The minimum atomic E-state index is -1.78. The highest BCUT2D eigenvalue weighted by molar-refractivity contribution is 5.76. The van der Waals surface area contributed by atoms with Crippen molar-refractivity contribution >= 4 is 5.91 Å². The third-order valence-electron chi connectivity index (χ3n) is 13.5. The smallest absolute Gasteiger partial charge is 0.220 e. The Labute approximate surface area is 399 Å². The third kappa shape index (κ3) is 26.1. The highest BCUT2D eigenvalue weighted by Gasteiger charge is 2.51. The van der Waals surface area contributed by atoms with Crippen molar-refractivity contribution in [2.45, 2.75) is 293 Å². The van der Waals surface area contributed by atoms with Crippen molar-refractivity contribution in [1.29, 1.82) is 0 Å². The third-order valence-corrected chi connectivity index (χ3v) is 13.5. The van der Waals surface area contributed by atoms with Gasteiger partial charge < -0.3 is 65.1 Å². The largest absolute Gasteiger partial charge is 0.394 e. The number of hydrogen-bond acceptors (Lipinski definition) is 13. The van der Waals surface area contributed by atoms with Crippen LogP contribution in [0.15, 0.2) is 12.2 Å². The minimum absolute atomic E-state index is 0.214. The number of amides is 1. The normalized spacial score (nSPS) is 26.8. The zero-order valence-electron chi connectivity index (χ0n) is 41.5. The quantitative estimate of drug-likeness (QED) is 0.0213. The first-order valence-corrected chi connectivity index (χ1v) is 26.9. The Morgan fingerprint density at radius 3 is 1.44 bits per heavy atom. The predicted molar refractivity (Wildman–Crippen MR) is 259 cm³/mol. The molecule has 0 radical (unpaired) electrons. The number of aliphatic hydroxyl groups excluding tert-OH is 8. The maximum atomic E-state index is 13.2. The fraction of sp³-hybridized carbons (Fsp3) is 0.942. The molecule has 2 saturated heterocycles. The fourth-order valence-electron chi connectivity index (χ4n) is 9.06. The summed E-state index contributed by atoms with van der Waals surface area (Å²) in [6.07, 6.45) is 24.9. The molecule has 0 aromatic heterocycles. The average Bonchev–Trinajstić information content (AvgIpc) is 3.31. The summed E-state index contributed by atoms with van der Waals surface area (Å²) in [7, 11) is 0. The molecule has 12 unspecified atom stereocenters. The first kappa shape index (κ1) is 60.9. The molecule has 12 atom stereocenters. The summed E-state index contributed by atoms with van der Waals surface area (Å²) in [6, 6.07) is -0.828. The molecule has 14 heteroatoms. The van der Waals surface area contributed by atoms with Crippen LogP contribution in [0.1, 0.15) is 219 Å². The molecule has 0 bridgehead atoms. The summed E-state index contributed by atoms with van der Waals surface area (Å²) >= 11 is 0. The van der Waals surface area contributed by atoms with Crippen molar-refractivity contribution in [3.63, 3.8) is 0 Å². The molecule has 2 aliphatic rings. The van der Waals surface area contributed by atoms with Crippen molar-refractivity contribution in [1.82, 2.24) is 5.32 Å². The highest BCUT2D eigenvalue weighted by Crippen LogP contribution is 2.30. The minimum Gasteiger partial charge on any atom is -0.394 e. The van der Waals surface area contributed by atoms with E-state index in [1.54, 1.807) is 0 Å². The van der Waals surface area contributed by atoms with Crippen LogP contribution >= 0.6 is 0 Å². The van der Waals surface area contributed by atoms with Crippen molar-refractivity contribution in [2.24, 2.45) is 0 Å². The Morgan fingerprint density at radius 1 is 0.530 bits per heavy atom. The number of hydrogen-bond donors (Lipinski definition) is 9. The number of ether oxygens (including phenoxy) is 4. The molecule has 1 amide bonds. The van der Waals surface area contributed by atoms with E-state index in [-0.39, 0.29) is 12.5 Å². The van der Waals surface area contributed by atoms with E-state index in [4.69, 9.17) is 18.9 Å². The molecule has 2 heterocycles. The number of unbranched alkanes of at least 4 members (excludes halogenated alkanes) is 27. The van der Waals surface area contributed by atoms with E-state index in [1.807, 2.05) is 0 Å². The van der Waals surface area contributed by atoms with Gasteiger partial charge in [-0.1, -0.05) is 187 Å². The number of rotatable bonds is 42. The van der Waals surface area contributed by atoms with Crippen LogP contribution < -0.4 is 5.32 Å². The lowest BCUT2D eigenvalue weighted by atomic mass is 9.97. The summed E-state index contributed by atoms with van der Waals surface area (Å²) < 4.78 is 22.8. The molecule has 2 fully saturated rings. The molecule has 9 N–H and O–H groups in total. The van der Waals surface area contributed by atoms with Gasteiger partial charge >= 0.3 is 0 Å². The van der Waals surface area contributed by atoms with Crippen LogP contribution in [0.25, 0.3) is 0 Å². The first-order valence-electron chi connectivity index (χ1n) is 26.9. The van der Waals surface area contributed by atoms with Gasteiger partial charge in [-0.25, -0.2) is 0 Å². The fourth-order valence-corrected chi connectivity index (χ4v) is 9.06. The Kier molecular flexibility index (Phi) is 36.4. The summed E-state index contributed by atoms with van der Waals surface area (Å²) in [5.41, 5.74) is 0.